The summed E-state index contributed by atoms with van der Waals surface area (Å²) in [4.78, 5) is 38.4. The van der Waals surface area contributed by atoms with Gasteiger partial charge in [0.05, 0.1) is 22.9 Å². The van der Waals surface area contributed by atoms with Crippen molar-refractivity contribution in [1.29, 1.82) is 0 Å². The Hall–Kier alpha value is -4.61. The van der Waals surface area contributed by atoms with E-state index in [0.717, 1.165) is 5.69 Å². The Kier molecular flexibility index (Phi) is 4.97. The predicted molar refractivity (Wildman–Crippen MR) is 133 cm³/mol. The maximum absolute atomic E-state index is 13.9. The summed E-state index contributed by atoms with van der Waals surface area (Å²) in [5.41, 5.74) is 2.78. The van der Waals surface area contributed by atoms with Gasteiger partial charge in [-0.1, -0.05) is 24.3 Å². The van der Waals surface area contributed by atoms with Crippen molar-refractivity contribution in [3.05, 3.63) is 70.0 Å². The second kappa shape index (κ2) is 7.94. The van der Waals surface area contributed by atoms with Gasteiger partial charge in [-0.3, -0.25) is 14.4 Å². The van der Waals surface area contributed by atoms with Crippen LogP contribution >= 0.6 is 0 Å². The first-order valence-corrected chi connectivity index (χ1v) is 11.8. The van der Waals surface area contributed by atoms with Crippen molar-refractivity contribution < 1.29 is 44.7 Å². The quantitative estimate of drug-likeness (QED) is 0.283. The topological polar surface area (TPSA) is 200 Å². The molecule has 1 heterocycles. The smallest absolute Gasteiger partial charge is 0.255 e. The fourth-order valence-electron chi connectivity index (χ4n) is 5.95. The molecule has 194 valence electrons. The Labute approximate surface area is 214 Å². The average Bonchev–Trinajstić information content (AvgIpc) is 3.34. The molecule has 2 aromatic rings. The number of carbonyl (C=O) groups excluding carboxylic acids is 3. The minimum atomic E-state index is -2.91. The van der Waals surface area contributed by atoms with Crippen LogP contribution in [-0.4, -0.2) is 61.4 Å². The van der Waals surface area contributed by atoms with E-state index in [2.05, 4.69) is 5.32 Å². The van der Waals surface area contributed by atoms with E-state index in [1.54, 1.807) is 30.3 Å². The van der Waals surface area contributed by atoms with Crippen LogP contribution < -0.4 is 15.8 Å². The van der Waals surface area contributed by atoms with Gasteiger partial charge >= 0.3 is 0 Å². The minimum Gasteiger partial charge on any atom is -0.508 e. The number of anilines is 1. The SMILES string of the molecule is NC(=O)C1=C(O)[C@@]2(O)C(=O)C3=C(O)c4c(O)cccc4/C(=C\c4ccc5c(c4)OCN5)[C@H]3[C@H](O)[C@H]2CC1=O. The van der Waals surface area contributed by atoms with E-state index in [-0.39, 0.29) is 11.3 Å². The number of primary amides is 1. The molecule has 0 aromatic heterocycles. The van der Waals surface area contributed by atoms with Crippen LogP contribution in [-0.2, 0) is 14.4 Å². The van der Waals surface area contributed by atoms with Gasteiger partial charge in [-0.25, -0.2) is 0 Å². The lowest BCUT2D eigenvalue weighted by molar-refractivity contribution is -0.157. The van der Waals surface area contributed by atoms with Crippen LogP contribution in [0, 0.1) is 11.8 Å². The first kappa shape index (κ1) is 23.8. The molecule has 4 atom stereocenters. The highest BCUT2D eigenvalue weighted by atomic mass is 16.5. The normalized spacial score (nSPS) is 28.8. The van der Waals surface area contributed by atoms with Crippen molar-refractivity contribution in [3.8, 4) is 11.5 Å². The lowest BCUT2D eigenvalue weighted by Crippen LogP contribution is -2.63. The number of amides is 1. The summed E-state index contributed by atoms with van der Waals surface area (Å²) in [6.07, 6.45) is -0.688. The van der Waals surface area contributed by atoms with E-state index >= 15 is 0 Å². The van der Waals surface area contributed by atoms with E-state index in [9.17, 15) is 39.9 Å². The number of Topliss-reactive ketones (excluding diaryl/α,β-unsaturated/α-hetero) is 2. The molecule has 0 bridgehead atoms. The lowest BCUT2D eigenvalue weighted by Gasteiger charge is -2.49. The summed E-state index contributed by atoms with van der Waals surface area (Å²) < 4.78 is 5.54. The number of fused-ring (bicyclic) bond motifs is 4. The van der Waals surface area contributed by atoms with E-state index < -0.39 is 70.1 Å². The molecule has 8 N–H and O–H groups in total. The molecule has 1 saturated carbocycles. The molecule has 4 aliphatic rings. The highest BCUT2D eigenvalue weighted by molar-refractivity contribution is 6.23. The maximum atomic E-state index is 13.9. The average molecular weight is 518 g/mol. The Balaban J connectivity index is 1.61. The molecule has 3 aliphatic carbocycles. The lowest BCUT2D eigenvalue weighted by atomic mass is 9.56. The number of benzene rings is 2. The first-order valence-electron chi connectivity index (χ1n) is 11.8. The molecule has 2 aromatic carbocycles. The Morgan fingerprint density at radius 2 is 1.92 bits per heavy atom. The molecule has 1 fully saturated rings. The number of carbonyl (C=O) groups is 3. The van der Waals surface area contributed by atoms with Crippen molar-refractivity contribution in [2.75, 3.05) is 12.0 Å². The number of hydrogen-bond acceptors (Lipinski definition) is 10. The summed E-state index contributed by atoms with van der Waals surface area (Å²) in [5.74, 6) is -8.09. The number of ketones is 2. The number of aliphatic hydroxyl groups is 4. The molecule has 6 rings (SSSR count). The van der Waals surface area contributed by atoms with Gasteiger partial charge in [-0.15, -0.1) is 0 Å². The molecule has 0 spiro atoms. The fraction of sp³-hybridized carbons (Fsp3) is 0.222. The van der Waals surface area contributed by atoms with Gasteiger partial charge in [0.25, 0.3) is 5.91 Å². The molecule has 38 heavy (non-hydrogen) atoms. The third-order valence-electron chi connectivity index (χ3n) is 7.72. The molecule has 1 aliphatic heterocycles. The summed E-state index contributed by atoms with van der Waals surface area (Å²) >= 11 is 0. The zero-order chi connectivity index (χ0) is 27.1. The molecule has 0 radical (unpaired) electrons. The number of nitrogens with one attached hydrogen (secondary N) is 1. The predicted octanol–water partition coefficient (Wildman–Crippen LogP) is 1.15. The molecule has 0 unspecified atom stereocenters. The van der Waals surface area contributed by atoms with Crippen molar-refractivity contribution in [2.45, 2.75) is 18.1 Å². The van der Waals surface area contributed by atoms with Crippen LogP contribution in [0.2, 0.25) is 0 Å². The number of ether oxygens (including phenoxy) is 1. The Bertz CT molecular complexity index is 1570. The summed E-state index contributed by atoms with van der Waals surface area (Å²) in [7, 11) is 0. The zero-order valence-corrected chi connectivity index (χ0v) is 19.6. The number of hydrogen-bond donors (Lipinski definition) is 7. The second-order valence-corrected chi connectivity index (χ2v) is 9.67. The van der Waals surface area contributed by atoms with Crippen LogP contribution in [0.3, 0.4) is 0 Å². The first-order chi connectivity index (χ1) is 18.1. The van der Waals surface area contributed by atoms with Gasteiger partial charge in [-0.05, 0) is 34.9 Å². The molecular weight excluding hydrogens is 496 g/mol. The van der Waals surface area contributed by atoms with Gasteiger partial charge in [0, 0.05) is 18.3 Å². The largest absolute Gasteiger partial charge is 0.508 e. The fourth-order valence-corrected chi connectivity index (χ4v) is 5.95. The van der Waals surface area contributed by atoms with Crippen molar-refractivity contribution in [2.24, 2.45) is 17.6 Å². The van der Waals surface area contributed by atoms with Crippen LogP contribution in [0.25, 0.3) is 17.4 Å². The van der Waals surface area contributed by atoms with Crippen LogP contribution in [0.4, 0.5) is 5.69 Å². The van der Waals surface area contributed by atoms with Crippen molar-refractivity contribution >= 4 is 40.6 Å². The van der Waals surface area contributed by atoms with Gasteiger partial charge in [0.2, 0.25) is 5.78 Å². The highest BCUT2D eigenvalue weighted by Gasteiger charge is 2.64. The van der Waals surface area contributed by atoms with Crippen molar-refractivity contribution in [1.82, 2.24) is 0 Å². The number of phenolic OH excluding ortho intramolecular Hbond substituents is 1. The second-order valence-electron chi connectivity index (χ2n) is 9.67. The molecular formula is C27H22N2O9. The molecule has 11 nitrogen and oxygen atoms in total. The number of aromatic hydroxyl groups is 1. The van der Waals surface area contributed by atoms with E-state index in [1.165, 1.54) is 12.1 Å². The molecule has 1 amide bonds. The van der Waals surface area contributed by atoms with Gasteiger partial charge < -0.3 is 41.3 Å². The Morgan fingerprint density at radius 3 is 2.66 bits per heavy atom. The van der Waals surface area contributed by atoms with Gasteiger partial charge in [-0.2, -0.15) is 0 Å². The standard InChI is InChI=1S/C27H22N2O9/c28-26(36)20-16(31)8-13-22(32)19-12(6-10-4-5-14-17(7-10)38-9-29-14)11-2-1-3-15(30)18(11)23(33)21(19)25(35)27(13,37)24(20)34/h1-7,13,19,22,29-30,32-34,37H,8-9H2,(H2,28,36)/b12-6+/t13-,19-,22-,27-/m1/s1. The molecule has 0 saturated heterocycles. The monoisotopic (exact) mass is 518 g/mol. The summed E-state index contributed by atoms with van der Waals surface area (Å²) in [5, 5.41) is 58.7. The van der Waals surface area contributed by atoms with Crippen LogP contribution in [0.5, 0.6) is 11.5 Å². The van der Waals surface area contributed by atoms with Gasteiger partial charge in [0.15, 0.2) is 18.1 Å². The summed E-state index contributed by atoms with van der Waals surface area (Å²) in [6.45, 7) is 0.293. The molecule has 11 heteroatoms. The zero-order valence-electron chi connectivity index (χ0n) is 19.6. The third kappa shape index (κ3) is 2.99. The number of rotatable bonds is 2. The van der Waals surface area contributed by atoms with E-state index in [4.69, 9.17) is 10.5 Å². The van der Waals surface area contributed by atoms with E-state index in [0.29, 0.717) is 29.2 Å². The van der Waals surface area contributed by atoms with Crippen LogP contribution in [0.15, 0.2) is 53.3 Å². The maximum Gasteiger partial charge on any atom is 0.255 e. The van der Waals surface area contributed by atoms with Crippen LogP contribution in [0.1, 0.15) is 23.1 Å². The van der Waals surface area contributed by atoms with E-state index in [1.807, 2.05) is 0 Å². The summed E-state index contributed by atoms with van der Waals surface area (Å²) in [6, 6.07) is 9.69. The Morgan fingerprint density at radius 1 is 1.16 bits per heavy atom. The van der Waals surface area contributed by atoms with Gasteiger partial charge in [0.1, 0.15) is 28.6 Å². The minimum absolute atomic E-state index is 0.114. The van der Waals surface area contributed by atoms with Crippen molar-refractivity contribution in [3.63, 3.8) is 0 Å². The number of nitrogens with two attached hydrogens (primary N) is 1. The number of phenols is 1. The third-order valence-corrected chi connectivity index (χ3v) is 7.72. The highest BCUT2D eigenvalue weighted by Crippen LogP contribution is 2.55. The number of aliphatic hydroxyl groups excluding tert-OH is 3.